The van der Waals surface area contributed by atoms with E-state index in [0.29, 0.717) is 37.6 Å². The van der Waals surface area contributed by atoms with Gasteiger partial charge in [-0.3, -0.25) is 14.4 Å². The van der Waals surface area contributed by atoms with E-state index in [1.165, 1.54) is 6.42 Å². The van der Waals surface area contributed by atoms with E-state index in [4.69, 9.17) is 14.2 Å². The minimum atomic E-state index is -1.15. The zero-order chi connectivity index (χ0) is 26.0. The maximum Gasteiger partial charge on any atom is 0.246 e. The smallest absolute Gasteiger partial charge is 0.246 e. The molecule has 4 aliphatic rings. The molecule has 1 aromatic rings. The molecular formula is C28H37N3O6. The highest BCUT2D eigenvalue weighted by molar-refractivity contribution is 6.02. The topological polar surface area (TPSA) is 106 Å². The highest BCUT2D eigenvalue weighted by Crippen LogP contribution is 2.55. The molecule has 9 heteroatoms. The summed E-state index contributed by atoms with van der Waals surface area (Å²) >= 11 is 0. The van der Waals surface area contributed by atoms with Crippen LogP contribution < -0.4 is 15.4 Å². The molecule has 3 amide bonds. The van der Waals surface area contributed by atoms with Crippen LogP contribution in [0.2, 0.25) is 0 Å². The van der Waals surface area contributed by atoms with E-state index < -0.39 is 29.6 Å². The summed E-state index contributed by atoms with van der Waals surface area (Å²) in [5.74, 6) is -1.58. The number of nitrogens with zero attached hydrogens (tertiary/aromatic N) is 1. The van der Waals surface area contributed by atoms with E-state index in [1.807, 2.05) is 19.1 Å². The fourth-order valence-electron chi connectivity index (χ4n) is 6.44. The third-order valence-electron chi connectivity index (χ3n) is 8.11. The van der Waals surface area contributed by atoms with Gasteiger partial charge in [-0.2, -0.15) is 0 Å². The number of nitrogens with one attached hydrogen (secondary N) is 2. The number of hydrogen-bond acceptors (Lipinski definition) is 6. The van der Waals surface area contributed by atoms with E-state index in [0.717, 1.165) is 25.7 Å². The van der Waals surface area contributed by atoms with Crippen molar-refractivity contribution in [2.24, 2.45) is 11.8 Å². The molecule has 2 bridgehead atoms. The molecule has 1 spiro atoms. The first-order chi connectivity index (χ1) is 18.0. The van der Waals surface area contributed by atoms with Crippen molar-refractivity contribution in [1.29, 1.82) is 0 Å². The molecule has 37 heavy (non-hydrogen) atoms. The Hall–Kier alpha value is -2.91. The van der Waals surface area contributed by atoms with Crippen molar-refractivity contribution in [3.05, 3.63) is 36.4 Å². The lowest BCUT2D eigenvalue weighted by Crippen LogP contribution is -2.56. The molecule has 2 N–H and O–H groups in total. The van der Waals surface area contributed by atoms with Crippen molar-refractivity contribution in [3.8, 4) is 5.75 Å². The SMILES string of the molecule is CCOCCCN1C(=O)[C@H]2[C@H](C(=O)Nc3cccc(OC)c3)[C@H]3C=C[C@@]2(O3)[C@H]1C(=O)NC1CCCCC1. The van der Waals surface area contributed by atoms with Crippen molar-refractivity contribution in [3.63, 3.8) is 0 Å². The number of ether oxygens (including phenoxy) is 3. The van der Waals surface area contributed by atoms with Gasteiger partial charge in [-0.05, 0) is 38.3 Å². The molecule has 1 saturated carbocycles. The molecule has 1 aliphatic carbocycles. The Morgan fingerprint density at radius 3 is 2.76 bits per heavy atom. The molecule has 5 rings (SSSR count). The molecule has 3 fully saturated rings. The van der Waals surface area contributed by atoms with Crippen LogP contribution in [-0.2, 0) is 23.9 Å². The van der Waals surface area contributed by atoms with Crippen LogP contribution in [0.1, 0.15) is 45.4 Å². The Labute approximate surface area is 217 Å². The zero-order valence-corrected chi connectivity index (χ0v) is 21.6. The molecule has 2 saturated heterocycles. The van der Waals surface area contributed by atoms with Crippen LogP contribution in [0.3, 0.4) is 0 Å². The van der Waals surface area contributed by atoms with Gasteiger partial charge in [0.2, 0.25) is 17.7 Å². The van der Waals surface area contributed by atoms with Crippen molar-refractivity contribution >= 4 is 23.4 Å². The number of hydrogen-bond donors (Lipinski definition) is 2. The van der Waals surface area contributed by atoms with Gasteiger partial charge in [0.15, 0.2) is 0 Å². The molecule has 1 aromatic carbocycles. The van der Waals surface area contributed by atoms with Gasteiger partial charge in [0.25, 0.3) is 0 Å². The third-order valence-corrected chi connectivity index (χ3v) is 8.11. The molecule has 0 radical (unpaired) electrons. The van der Waals surface area contributed by atoms with Gasteiger partial charge < -0.3 is 29.7 Å². The van der Waals surface area contributed by atoms with Crippen LogP contribution in [0.5, 0.6) is 5.75 Å². The lowest BCUT2D eigenvalue weighted by Gasteiger charge is -2.34. The number of amides is 3. The molecule has 0 aromatic heterocycles. The first kappa shape index (κ1) is 25.7. The first-order valence-corrected chi connectivity index (χ1v) is 13.5. The average Bonchev–Trinajstić information content (AvgIpc) is 3.54. The summed E-state index contributed by atoms with van der Waals surface area (Å²) < 4.78 is 17.2. The van der Waals surface area contributed by atoms with E-state index in [9.17, 15) is 14.4 Å². The van der Waals surface area contributed by atoms with Crippen molar-refractivity contribution in [2.75, 3.05) is 32.2 Å². The quantitative estimate of drug-likeness (QED) is 0.370. The number of benzene rings is 1. The third kappa shape index (κ3) is 4.75. The second-order valence-electron chi connectivity index (χ2n) is 10.3. The Morgan fingerprint density at radius 1 is 1.19 bits per heavy atom. The minimum Gasteiger partial charge on any atom is -0.497 e. The molecule has 3 aliphatic heterocycles. The van der Waals surface area contributed by atoms with Gasteiger partial charge in [0.1, 0.15) is 17.4 Å². The van der Waals surface area contributed by atoms with Crippen LogP contribution in [0.15, 0.2) is 36.4 Å². The number of methoxy groups -OCH3 is 1. The van der Waals surface area contributed by atoms with Crippen LogP contribution in [0.25, 0.3) is 0 Å². The normalized spacial score (nSPS) is 30.4. The fraction of sp³-hybridized carbons (Fsp3) is 0.607. The molecule has 200 valence electrons. The average molecular weight is 512 g/mol. The number of rotatable bonds is 10. The summed E-state index contributed by atoms with van der Waals surface area (Å²) in [6, 6.07) is 6.38. The molecule has 9 nitrogen and oxygen atoms in total. The minimum absolute atomic E-state index is 0.104. The highest BCUT2D eigenvalue weighted by Gasteiger charge is 2.72. The van der Waals surface area contributed by atoms with Crippen LogP contribution in [-0.4, -0.2) is 73.3 Å². The summed E-state index contributed by atoms with van der Waals surface area (Å²) in [6.45, 7) is 3.37. The zero-order valence-electron chi connectivity index (χ0n) is 21.6. The van der Waals surface area contributed by atoms with Gasteiger partial charge >= 0.3 is 0 Å². The van der Waals surface area contributed by atoms with Gasteiger partial charge in [0, 0.05) is 37.6 Å². The van der Waals surface area contributed by atoms with Gasteiger partial charge in [-0.15, -0.1) is 0 Å². The Bertz CT molecular complexity index is 1050. The van der Waals surface area contributed by atoms with Gasteiger partial charge in [0.05, 0.1) is 25.0 Å². The highest BCUT2D eigenvalue weighted by atomic mass is 16.5. The number of likely N-dealkylation sites (tertiary alicyclic amines) is 1. The molecule has 3 heterocycles. The van der Waals surface area contributed by atoms with Crippen molar-refractivity contribution < 1.29 is 28.6 Å². The summed E-state index contributed by atoms with van der Waals surface area (Å²) in [7, 11) is 1.56. The summed E-state index contributed by atoms with van der Waals surface area (Å²) in [4.78, 5) is 42.8. The van der Waals surface area contributed by atoms with Crippen molar-refractivity contribution in [1.82, 2.24) is 10.2 Å². The fourth-order valence-corrected chi connectivity index (χ4v) is 6.44. The summed E-state index contributed by atoms with van der Waals surface area (Å²) in [6.07, 6.45) is 8.97. The molecule has 5 atom stereocenters. The second kappa shape index (κ2) is 10.8. The van der Waals surface area contributed by atoms with Crippen LogP contribution in [0.4, 0.5) is 5.69 Å². The summed E-state index contributed by atoms with van der Waals surface area (Å²) in [5, 5.41) is 6.14. The Kier molecular flexibility index (Phi) is 7.53. The van der Waals surface area contributed by atoms with E-state index >= 15 is 0 Å². The molecule has 0 unspecified atom stereocenters. The largest absolute Gasteiger partial charge is 0.497 e. The van der Waals surface area contributed by atoms with Gasteiger partial charge in [-0.1, -0.05) is 37.5 Å². The van der Waals surface area contributed by atoms with E-state index in [2.05, 4.69) is 10.6 Å². The maximum atomic E-state index is 13.9. The summed E-state index contributed by atoms with van der Waals surface area (Å²) in [5.41, 5.74) is -0.571. The predicted molar refractivity (Wildman–Crippen MR) is 137 cm³/mol. The van der Waals surface area contributed by atoms with Gasteiger partial charge in [-0.25, -0.2) is 0 Å². The predicted octanol–water partition coefficient (Wildman–Crippen LogP) is 2.66. The second-order valence-corrected chi connectivity index (χ2v) is 10.3. The van der Waals surface area contributed by atoms with Crippen molar-refractivity contribution in [2.45, 2.75) is 69.2 Å². The lowest BCUT2D eigenvalue weighted by atomic mass is 9.74. The van der Waals surface area contributed by atoms with Crippen LogP contribution in [0, 0.1) is 11.8 Å². The monoisotopic (exact) mass is 511 g/mol. The molecular weight excluding hydrogens is 474 g/mol. The number of fused-ring (bicyclic) bond motifs is 1. The van der Waals surface area contributed by atoms with Crippen LogP contribution >= 0.6 is 0 Å². The van der Waals surface area contributed by atoms with E-state index in [-0.39, 0.29) is 23.8 Å². The number of carbonyl (C=O) groups is 3. The maximum absolute atomic E-state index is 13.9. The van der Waals surface area contributed by atoms with E-state index in [1.54, 1.807) is 36.3 Å². The number of anilines is 1. The Morgan fingerprint density at radius 2 is 2.00 bits per heavy atom. The standard InChI is InChI=1S/C28H37N3O6/c1-3-36-16-8-15-31-24(26(33)29-18-9-5-4-6-10-18)28-14-13-21(37-28)22(23(28)27(31)34)25(32)30-19-11-7-12-20(17-19)35-2/h7,11-14,17-18,21-24H,3-6,8-10,15-16H2,1-2H3,(H,29,33)(H,30,32)/t21-,22-,23-,24-,28+/m1/s1. The first-order valence-electron chi connectivity index (χ1n) is 13.5. The number of carbonyl (C=O) groups excluding carboxylic acids is 3. The Balaban J connectivity index is 1.40. The lowest BCUT2D eigenvalue weighted by molar-refractivity contribution is -0.141.